The molecule has 5 nitrogen and oxygen atoms in total. The molecule has 0 amide bonds. The fourth-order valence-electron chi connectivity index (χ4n) is 4.10. The molecule has 0 aliphatic heterocycles. The van der Waals surface area contributed by atoms with Gasteiger partial charge in [-0.3, -0.25) is 9.36 Å². The highest BCUT2D eigenvalue weighted by Crippen LogP contribution is 2.22. The van der Waals surface area contributed by atoms with Crippen molar-refractivity contribution in [3.05, 3.63) is 77.4 Å². The molecule has 0 saturated carbocycles. The van der Waals surface area contributed by atoms with E-state index in [0.29, 0.717) is 17.0 Å². The average Bonchev–Trinajstić information content (AvgIpc) is 3.26. The molecule has 0 aliphatic carbocycles. The first-order valence-electron chi connectivity index (χ1n) is 12.0. The summed E-state index contributed by atoms with van der Waals surface area (Å²) in [5.74, 6) is 1.21. The van der Waals surface area contributed by atoms with E-state index in [4.69, 9.17) is 0 Å². The second-order valence-corrected chi connectivity index (χ2v) is 8.32. The fraction of sp³-hybridized carbons (Fsp3) is 0.444. The maximum atomic E-state index is 13.2. The van der Waals surface area contributed by atoms with Crippen molar-refractivity contribution >= 4 is 5.78 Å². The highest BCUT2D eigenvalue weighted by molar-refractivity contribution is 6.11. The van der Waals surface area contributed by atoms with Crippen molar-refractivity contribution < 1.29 is 9.90 Å². The third-order valence-electron chi connectivity index (χ3n) is 5.87. The van der Waals surface area contributed by atoms with Crippen LogP contribution in [0.3, 0.4) is 0 Å². The first-order valence-corrected chi connectivity index (χ1v) is 12.0. The molecule has 0 bridgehead atoms. The number of aliphatic hydroxyl groups excluding tert-OH is 1. The lowest BCUT2D eigenvalue weighted by molar-refractivity contribution is 0.103. The van der Waals surface area contributed by atoms with Crippen LogP contribution in [0.4, 0.5) is 0 Å². The Bertz CT molecular complexity index is 966. The highest BCUT2D eigenvalue weighted by atomic mass is 16.3. The van der Waals surface area contributed by atoms with E-state index in [1.807, 2.05) is 59.2 Å². The van der Waals surface area contributed by atoms with Crippen LogP contribution in [0.1, 0.15) is 92.3 Å². The van der Waals surface area contributed by atoms with Crippen molar-refractivity contribution in [3.63, 3.8) is 0 Å². The molecule has 0 unspecified atom stereocenters. The third-order valence-corrected chi connectivity index (χ3v) is 5.87. The molecule has 0 saturated heterocycles. The molecule has 1 heterocycles. The predicted octanol–water partition coefficient (Wildman–Crippen LogP) is 6.06. The first-order chi connectivity index (χ1) is 15.8. The van der Waals surface area contributed by atoms with Gasteiger partial charge in [0.25, 0.3) is 0 Å². The molecule has 0 radical (unpaired) electrons. The third kappa shape index (κ3) is 6.36. The summed E-state index contributed by atoms with van der Waals surface area (Å²) < 4.78 is 1.86. The number of hydrogen-bond donors (Lipinski definition) is 1. The number of aryl methyl sites for hydroxylation is 1. The Morgan fingerprint density at radius 3 is 2.06 bits per heavy atom. The Labute approximate surface area is 191 Å². The lowest BCUT2D eigenvalue weighted by atomic mass is 10.0. The van der Waals surface area contributed by atoms with E-state index in [1.54, 1.807) is 0 Å². The topological polar surface area (TPSA) is 68.0 Å². The zero-order valence-corrected chi connectivity index (χ0v) is 19.2. The van der Waals surface area contributed by atoms with E-state index in [-0.39, 0.29) is 12.4 Å². The van der Waals surface area contributed by atoms with E-state index in [2.05, 4.69) is 17.1 Å². The summed E-state index contributed by atoms with van der Waals surface area (Å²) in [6, 6.07) is 16.8. The molecule has 0 spiro atoms. The molecule has 5 heteroatoms. The van der Waals surface area contributed by atoms with E-state index in [1.165, 1.54) is 44.9 Å². The molecule has 0 fully saturated rings. The van der Waals surface area contributed by atoms with Gasteiger partial charge < -0.3 is 5.11 Å². The van der Waals surface area contributed by atoms with Gasteiger partial charge in [0.05, 0.1) is 5.69 Å². The highest BCUT2D eigenvalue weighted by Gasteiger charge is 2.19. The van der Waals surface area contributed by atoms with Gasteiger partial charge in [-0.2, -0.15) is 0 Å². The van der Waals surface area contributed by atoms with Gasteiger partial charge in [-0.25, -0.2) is 0 Å². The van der Waals surface area contributed by atoms with E-state index in [0.717, 1.165) is 30.8 Å². The number of unbranched alkanes of at least 4 members (excludes halogenated alkanes) is 8. The van der Waals surface area contributed by atoms with Gasteiger partial charge in [0, 0.05) is 17.5 Å². The predicted molar refractivity (Wildman–Crippen MR) is 128 cm³/mol. The normalized spacial score (nSPS) is 11.1. The quantitative estimate of drug-likeness (QED) is 0.248. The van der Waals surface area contributed by atoms with Crippen LogP contribution in [0, 0.1) is 0 Å². The smallest absolute Gasteiger partial charge is 0.195 e. The molecular formula is C27H35N3O2. The van der Waals surface area contributed by atoms with Crippen LogP contribution < -0.4 is 0 Å². The second-order valence-electron chi connectivity index (χ2n) is 8.32. The number of para-hydroxylation sites is 1. The largest absolute Gasteiger partial charge is 0.388 e. The minimum atomic E-state index is -0.224. The summed E-state index contributed by atoms with van der Waals surface area (Å²) in [5.41, 5.74) is 1.95. The van der Waals surface area contributed by atoms with Crippen molar-refractivity contribution in [2.24, 2.45) is 0 Å². The molecule has 0 aliphatic rings. The molecule has 3 rings (SSSR count). The zero-order valence-electron chi connectivity index (χ0n) is 19.2. The summed E-state index contributed by atoms with van der Waals surface area (Å²) in [7, 11) is 0. The van der Waals surface area contributed by atoms with E-state index >= 15 is 0 Å². The van der Waals surface area contributed by atoms with Crippen LogP contribution >= 0.6 is 0 Å². The number of aromatic nitrogens is 3. The maximum absolute atomic E-state index is 13.2. The summed E-state index contributed by atoms with van der Waals surface area (Å²) in [6.45, 7) is 2.02. The van der Waals surface area contributed by atoms with Crippen molar-refractivity contribution in [1.82, 2.24) is 14.8 Å². The van der Waals surface area contributed by atoms with Gasteiger partial charge in [0.2, 0.25) is 0 Å². The van der Waals surface area contributed by atoms with Crippen LogP contribution in [0.15, 0.2) is 54.6 Å². The standard InChI is InChI=1S/C27H35N3O2/c1-2-3-4-5-6-7-8-9-13-20-25-28-29-26(21-31)30(25)24-19-15-14-18-23(24)27(32)22-16-11-10-12-17-22/h10-12,14-19,31H,2-9,13,20-21H2,1H3. The number of hydrogen-bond acceptors (Lipinski definition) is 4. The number of benzene rings is 2. The SMILES string of the molecule is CCCCCCCCCCCc1nnc(CO)n1-c1ccccc1C(=O)c1ccccc1. The van der Waals surface area contributed by atoms with Gasteiger partial charge in [0.1, 0.15) is 12.4 Å². The van der Waals surface area contributed by atoms with E-state index in [9.17, 15) is 9.90 Å². The summed E-state index contributed by atoms with van der Waals surface area (Å²) >= 11 is 0. The Morgan fingerprint density at radius 1 is 0.781 bits per heavy atom. The van der Waals surface area contributed by atoms with Crippen LogP contribution in [0.2, 0.25) is 0 Å². The van der Waals surface area contributed by atoms with Crippen LogP contribution in [0.5, 0.6) is 0 Å². The Balaban J connectivity index is 1.69. The zero-order chi connectivity index (χ0) is 22.6. The van der Waals surface area contributed by atoms with Crippen LogP contribution in [-0.2, 0) is 13.0 Å². The van der Waals surface area contributed by atoms with Crippen LogP contribution in [-0.4, -0.2) is 25.7 Å². The van der Waals surface area contributed by atoms with Crippen molar-refractivity contribution in [2.45, 2.75) is 77.7 Å². The number of nitrogens with zero attached hydrogens (tertiary/aromatic N) is 3. The number of carbonyl (C=O) groups is 1. The summed E-state index contributed by atoms with van der Waals surface area (Å²) in [6.07, 6.45) is 12.1. The molecule has 0 atom stereocenters. The lowest BCUT2D eigenvalue weighted by Crippen LogP contribution is -2.12. The average molecular weight is 434 g/mol. The number of rotatable bonds is 14. The number of carbonyl (C=O) groups excluding carboxylic acids is 1. The second kappa shape index (κ2) is 12.9. The molecule has 32 heavy (non-hydrogen) atoms. The molecular weight excluding hydrogens is 398 g/mol. The Kier molecular flexibility index (Phi) is 9.63. The number of ketones is 1. The lowest BCUT2D eigenvalue weighted by Gasteiger charge is -2.14. The monoisotopic (exact) mass is 433 g/mol. The van der Waals surface area contributed by atoms with Gasteiger partial charge in [-0.15, -0.1) is 10.2 Å². The maximum Gasteiger partial charge on any atom is 0.195 e. The minimum Gasteiger partial charge on any atom is -0.388 e. The van der Waals surface area contributed by atoms with Gasteiger partial charge >= 0.3 is 0 Å². The van der Waals surface area contributed by atoms with Gasteiger partial charge in [-0.1, -0.05) is 101 Å². The molecule has 2 aromatic carbocycles. The molecule has 1 aromatic heterocycles. The molecule has 1 N–H and O–H groups in total. The van der Waals surface area contributed by atoms with Crippen molar-refractivity contribution in [2.75, 3.05) is 0 Å². The molecule has 3 aromatic rings. The van der Waals surface area contributed by atoms with Crippen molar-refractivity contribution in [1.29, 1.82) is 0 Å². The Morgan fingerprint density at radius 2 is 1.38 bits per heavy atom. The minimum absolute atomic E-state index is 0.0483. The van der Waals surface area contributed by atoms with Gasteiger partial charge in [0.15, 0.2) is 11.6 Å². The number of aliphatic hydroxyl groups is 1. The Hall–Kier alpha value is -2.79. The fourth-order valence-corrected chi connectivity index (χ4v) is 4.10. The molecule has 170 valence electrons. The van der Waals surface area contributed by atoms with Crippen LogP contribution in [0.25, 0.3) is 5.69 Å². The van der Waals surface area contributed by atoms with Crippen molar-refractivity contribution in [3.8, 4) is 5.69 Å². The van der Waals surface area contributed by atoms with E-state index < -0.39 is 0 Å². The van der Waals surface area contributed by atoms with Gasteiger partial charge in [-0.05, 0) is 18.6 Å². The summed E-state index contributed by atoms with van der Waals surface area (Å²) in [4.78, 5) is 13.2. The first kappa shape index (κ1) is 23.9. The summed E-state index contributed by atoms with van der Waals surface area (Å²) in [5, 5.41) is 18.4.